The maximum atomic E-state index is 17.0. The summed E-state index contributed by atoms with van der Waals surface area (Å²) in [5.74, 6) is -0.200. The molecule has 1 aliphatic carbocycles. The van der Waals surface area contributed by atoms with E-state index >= 15 is 4.39 Å². The number of nitrogens with one attached hydrogen (secondary N) is 2. The highest BCUT2D eigenvalue weighted by atomic mass is 35.5. The molecule has 0 radical (unpaired) electrons. The van der Waals surface area contributed by atoms with Crippen LogP contribution in [0, 0.1) is 18.2 Å². The summed E-state index contributed by atoms with van der Waals surface area (Å²) in [7, 11) is 1.47. The number of fused-ring (bicyclic) bond motifs is 3. The quantitative estimate of drug-likeness (QED) is 0.245. The molecule has 1 unspecified atom stereocenters. The van der Waals surface area contributed by atoms with Gasteiger partial charge in [-0.05, 0) is 58.1 Å². The molecule has 1 aromatic carbocycles. The SMILES string of the molecule is COc1nc(-c2c(Cl)c(C)cc3[nH]ncc23)c(F)c2nc(OC[C@]34CCC[C@H]3NC(C)CC4)nc(N3CCOC[C@@](C)(O)C3)c12.Cl. The molecule has 14 heteroatoms. The molecule has 248 valence electrons. The number of anilines is 1. The van der Waals surface area contributed by atoms with Crippen molar-refractivity contribution in [1.82, 2.24) is 30.5 Å². The van der Waals surface area contributed by atoms with Crippen molar-refractivity contribution < 1.29 is 23.7 Å². The Kier molecular flexibility index (Phi) is 8.96. The predicted octanol–water partition coefficient (Wildman–Crippen LogP) is 5.38. The highest BCUT2D eigenvalue weighted by Gasteiger charge is 2.46. The number of rotatable bonds is 6. The molecule has 0 amide bonds. The van der Waals surface area contributed by atoms with E-state index in [1.807, 2.05) is 17.9 Å². The van der Waals surface area contributed by atoms with Gasteiger partial charge in [0, 0.05) is 35.0 Å². The third-order valence-corrected chi connectivity index (χ3v) is 10.2. The van der Waals surface area contributed by atoms with Crippen LogP contribution >= 0.6 is 24.0 Å². The summed E-state index contributed by atoms with van der Waals surface area (Å²) in [5, 5.41) is 23.2. The third kappa shape index (κ3) is 5.72. The molecule has 46 heavy (non-hydrogen) atoms. The largest absolute Gasteiger partial charge is 0.480 e. The lowest BCUT2D eigenvalue weighted by atomic mass is 9.75. The van der Waals surface area contributed by atoms with E-state index in [4.69, 9.17) is 30.8 Å². The Bertz CT molecular complexity index is 1770. The monoisotopic (exact) mass is 675 g/mol. The normalized spacial score (nSPS) is 26.5. The van der Waals surface area contributed by atoms with E-state index in [1.165, 1.54) is 7.11 Å². The minimum absolute atomic E-state index is 0. The summed E-state index contributed by atoms with van der Waals surface area (Å²) in [6.45, 7) is 7.29. The van der Waals surface area contributed by atoms with Crippen LogP contribution in [0.1, 0.15) is 51.5 Å². The number of hydrogen-bond acceptors (Lipinski definition) is 10. The Labute approximate surface area is 278 Å². The van der Waals surface area contributed by atoms with E-state index in [1.54, 1.807) is 13.1 Å². The lowest BCUT2D eigenvalue weighted by Gasteiger charge is -2.42. The summed E-state index contributed by atoms with van der Waals surface area (Å²) >= 11 is 6.81. The minimum Gasteiger partial charge on any atom is -0.480 e. The number of pyridine rings is 1. The van der Waals surface area contributed by atoms with Gasteiger partial charge in [-0.2, -0.15) is 15.1 Å². The van der Waals surface area contributed by atoms with Crippen LogP contribution in [-0.4, -0.2) is 88.0 Å². The van der Waals surface area contributed by atoms with Gasteiger partial charge in [0.2, 0.25) is 5.88 Å². The van der Waals surface area contributed by atoms with Gasteiger partial charge >= 0.3 is 6.01 Å². The highest BCUT2D eigenvalue weighted by molar-refractivity contribution is 6.35. The molecule has 0 bridgehead atoms. The first kappa shape index (κ1) is 32.9. The van der Waals surface area contributed by atoms with Crippen LogP contribution in [0.15, 0.2) is 12.3 Å². The van der Waals surface area contributed by atoms with Crippen molar-refractivity contribution >= 4 is 51.6 Å². The zero-order valence-electron chi connectivity index (χ0n) is 26.5. The van der Waals surface area contributed by atoms with E-state index in [-0.39, 0.29) is 59.5 Å². The number of aryl methyl sites for hydroxylation is 1. The molecule has 0 spiro atoms. The van der Waals surface area contributed by atoms with Gasteiger partial charge in [-0.25, -0.2) is 9.37 Å². The molecular weight excluding hydrogens is 636 g/mol. The molecule has 3 aromatic heterocycles. The number of piperidine rings is 1. The van der Waals surface area contributed by atoms with Gasteiger partial charge in [-0.15, -0.1) is 12.4 Å². The van der Waals surface area contributed by atoms with Crippen molar-refractivity contribution in [2.75, 3.05) is 44.9 Å². The van der Waals surface area contributed by atoms with E-state index in [2.05, 4.69) is 32.4 Å². The van der Waals surface area contributed by atoms with Crippen molar-refractivity contribution in [3.63, 3.8) is 0 Å². The standard InChI is InChI=1S/C32H39ClFN7O4.ClH/c1-17-12-20-19(13-35-40-20)22(24(17)33)26-25(34)27-23(29(37-26)43-4)28(41-10-11-44-15-31(3,42)14-41)39-30(38-27)45-16-32-8-5-6-21(32)36-18(2)7-9-32;/h12-13,18,21,36,42H,5-11,14-16H2,1-4H3,(H,35,40);1H/t18?,21-,31+,32-;/m1./s1. The van der Waals surface area contributed by atoms with E-state index in [0.717, 1.165) is 37.7 Å². The van der Waals surface area contributed by atoms with Crippen LogP contribution in [0.2, 0.25) is 5.02 Å². The molecule has 3 fully saturated rings. The Balaban J connectivity index is 0.00000372. The number of H-pyrrole nitrogens is 1. The van der Waals surface area contributed by atoms with Crippen molar-refractivity contribution in [3.05, 3.63) is 28.7 Å². The summed E-state index contributed by atoms with van der Waals surface area (Å²) in [5.41, 5.74) is 0.606. The molecule has 11 nitrogen and oxygen atoms in total. The topological polar surface area (TPSA) is 131 Å². The van der Waals surface area contributed by atoms with Crippen LogP contribution in [0.5, 0.6) is 11.9 Å². The number of nitrogens with zero attached hydrogens (tertiary/aromatic N) is 5. The first-order valence-corrected chi connectivity index (χ1v) is 16.0. The zero-order valence-corrected chi connectivity index (χ0v) is 28.0. The molecule has 3 aliphatic rings. The maximum absolute atomic E-state index is 17.0. The third-order valence-electron chi connectivity index (χ3n) is 9.71. The predicted molar refractivity (Wildman–Crippen MR) is 177 cm³/mol. The number of benzene rings is 1. The molecule has 4 atom stereocenters. The number of hydrogen-bond donors (Lipinski definition) is 3. The van der Waals surface area contributed by atoms with Gasteiger partial charge in [0.25, 0.3) is 0 Å². The van der Waals surface area contributed by atoms with E-state index < -0.39 is 11.4 Å². The number of aromatic nitrogens is 5. The number of methoxy groups -OCH3 is 1. The van der Waals surface area contributed by atoms with Gasteiger partial charge < -0.3 is 29.5 Å². The van der Waals surface area contributed by atoms with Crippen LogP contribution in [0.3, 0.4) is 0 Å². The fourth-order valence-corrected chi connectivity index (χ4v) is 7.65. The minimum atomic E-state index is -1.17. The summed E-state index contributed by atoms with van der Waals surface area (Å²) in [6, 6.07) is 2.74. The molecule has 2 saturated heterocycles. The van der Waals surface area contributed by atoms with Crippen molar-refractivity contribution in [3.8, 4) is 23.1 Å². The fourth-order valence-electron chi connectivity index (χ4n) is 7.41. The lowest BCUT2D eigenvalue weighted by molar-refractivity contribution is -0.0123. The van der Waals surface area contributed by atoms with Crippen LogP contribution < -0.4 is 19.7 Å². The summed E-state index contributed by atoms with van der Waals surface area (Å²) in [6.07, 6.45) is 6.98. The van der Waals surface area contributed by atoms with Crippen LogP contribution in [0.4, 0.5) is 10.2 Å². The highest BCUT2D eigenvalue weighted by Crippen LogP contribution is 2.46. The second-order valence-electron chi connectivity index (χ2n) is 13.2. The lowest BCUT2D eigenvalue weighted by Crippen LogP contribution is -2.52. The summed E-state index contributed by atoms with van der Waals surface area (Å²) < 4.78 is 34.9. The first-order chi connectivity index (χ1) is 21.6. The first-order valence-electron chi connectivity index (χ1n) is 15.6. The number of β-amino-alcohol motifs (C(OH)–C–C–N with tert-alkyl or cyclic N) is 1. The number of aromatic amines is 1. The Morgan fingerprint density at radius 2 is 2.07 bits per heavy atom. The molecular formula is C32H40Cl2FN7O4. The molecule has 1 saturated carbocycles. The molecule has 3 N–H and O–H groups in total. The van der Waals surface area contributed by atoms with Gasteiger partial charge in [-0.1, -0.05) is 18.0 Å². The van der Waals surface area contributed by atoms with Gasteiger partial charge in [-0.3, -0.25) is 5.10 Å². The van der Waals surface area contributed by atoms with E-state index in [9.17, 15) is 5.11 Å². The molecule has 2 aliphatic heterocycles. The van der Waals surface area contributed by atoms with E-state index in [0.29, 0.717) is 59.1 Å². The number of aliphatic hydroxyl groups is 1. The number of halogens is 3. The Morgan fingerprint density at radius 3 is 2.87 bits per heavy atom. The Morgan fingerprint density at radius 1 is 1.24 bits per heavy atom. The zero-order chi connectivity index (χ0) is 31.5. The van der Waals surface area contributed by atoms with Crippen molar-refractivity contribution in [1.29, 1.82) is 0 Å². The number of ether oxygens (including phenoxy) is 3. The second kappa shape index (κ2) is 12.5. The van der Waals surface area contributed by atoms with Gasteiger partial charge in [0.1, 0.15) is 28.0 Å². The average molecular weight is 677 g/mol. The molecule has 5 heterocycles. The smallest absolute Gasteiger partial charge is 0.319 e. The van der Waals surface area contributed by atoms with Crippen molar-refractivity contribution in [2.45, 2.75) is 70.6 Å². The fraction of sp³-hybridized carbons (Fsp3) is 0.562. The second-order valence-corrected chi connectivity index (χ2v) is 13.6. The average Bonchev–Trinajstić information content (AvgIpc) is 3.60. The van der Waals surface area contributed by atoms with Gasteiger partial charge in [0.15, 0.2) is 5.82 Å². The summed E-state index contributed by atoms with van der Waals surface area (Å²) in [4.78, 5) is 16.0. The van der Waals surface area contributed by atoms with Gasteiger partial charge in [0.05, 0.1) is 50.2 Å². The maximum Gasteiger partial charge on any atom is 0.319 e. The van der Waals surface area contributed by atoms with Crippen molar-refractivity contribution in [2.24, 2.45) is 5.41 Å². The van der Waals surface area contributed by atoms with Crippen LogP contribution in [0.25, 0.3) is 33.1 Å². The van der Waals surface area contributed by atoms with Crippen LogP contribution in [-0.2, 0) is 4.74 Å². The Hall–Kier alpha value is -3.03. The molecule has 4 aromatic rings. The molecule has 7 rings (SSSR count).